The van der Waals surface area contributed by atoms with Gasteiger partial charge in [-0.25, -0.2) is 4.39 Å². The Morgan fingerprint density at radius 2 is 2.25 bits per heavy atom. The van der Waals surface area contributed by atoms with E-state index >= 15 is 0 Å². The number of ether oxygens (including phenoxy) is 1. The normalized spacial score (nSPS) is 16.6. The molecular weight excluding hydrogens is 311 g/mol. The molecule has 0 fully saturated rings. The molecule has 24 heavy (non-hydrogen) atoms. The summed E-state index contributed by atoms with van der Waals surface area (Å²) in [6, 6.07) is 8.21. The summed E-state index contributed by atoms with van der Waals surface area (Å²) < 4.78 is 24.5. The number of benzene rings is 1. The van der Waals surface area contributed by atoms with Gasteiger partial charge < -0.3 is 14.2 Å². The predicted octanol–water partition coefficient (Wildman–Crippen LogP) is 3.06. The minimum Gasteiger partial charge on any atom is -0.487 e. The van der Waals surface area contributed by atoms with Crippen molar-refractivity contribution in [2.75, 3.05) is 11.4 Å². The molecule has 1 aliphatic heterocycles. The second-order valence-corrected chi connectivity index (χ2v) is 5.67. The molecule has 1 aliphatic rings. The fraction of sp³-hybridized carbons (Fsp3) is 0.235. The molecule has 0 spiro atoms. The van der Waals surface area contributed by atoms with Crippen LogP contribution in [0.25, 0.3) is 11.4 Å². The van der Waals surface area contributed by atoms with Gasteiger partial charge in [-0.15, -0.1) is 0 Å². The first-order valence-electron chi connectivity index (χ1n) is 7.63. The highest BCUT2D eigenvalue weighted by molar-refractivity contribution is 5.60. The smallest absolute Gasteiger partial charge is 0.246 e. The number of hydrogen-bond donors (Lipinski definition) is 0. The van der Waals surface area contributed by atoms with E-state index in [4.69, 9.17) is 9.26 Å². The zero-order valence-corrected chi connectivity index (χ0v) is 13.0. The molecule has 0 N–H and O–H groups in total. The molecule has 122 valence electrons. The maximum Gasteiger partial charge on any atom is 0.246 e. The molecule has 0 saturated carbocycles. The van der Waals surface area contributed by atoms with E-state index in [1.165, 1.54) is 12.1 Å². The molecule has 0 aliphatic carbocycles. The van der Waals surface area contributed by atoms with Crippen LogP contribution in [-0.2, 0) is 6.54 Å². The van der Waals surface area contributed by atoms with Crippen molar-refractivity contribution in [1.29, 1.82) is 0 Å². The number of fused-ring (bicyclic) bond motifs is 1. The summed E-state index contributed by atoms with van der Waals surface area (Å²) in [5, 5.41) is 4.00. The number of hydrogen-bond acceptors (Lipinski definition) is 6. The summed E-state index contributed by atoms with van der Waals surface area (Å²) in [6.45, 7) is 3.03. The molecule has 7 heteroatoms. The molecule has 1 atom stereocenters. The first-order chi connectivity index (χ1) is 11.7. The Bertz CT molecular complexity index is 853. The first kappa shape index (κ1) is 14.6. The Morgan fingerprint density at radius 3 is 3.08 bits per heavy atom. The van der Waals surface area contributed by atoms with Crippen LogP contribution in [0.5, 0.6) is 5.75 Å². The topological polar surface area (TPSA) is 64.3 Å². The van der Waals surface area contributed by atoms with Crippen molar-refractivity contribution in [2.45, 2.75) is 19.6 Å². The molecule has 2 aromatic heterocycles. The van der Waals surface area contributed by atoms with Gasteiger partial charge in [0.2, 0.25) is 11.7 Å². The first-order valence-corrected chi connectivity index (χ1v) is 7.63. The third kappa shape index (κ3) is 2.80. The van der Waals surface area contributed by atoms with Gasteiger partial charge in [0.1, 0.15) is 17.7 Å². The van der Waals surface area contributed by atoms with Crippen LogP contribution in [0, 0.1) is 5.82 Å². The lowest BCUT2D eigenvalue weighted by Crippen LogP contribution is -2.38. The molecule has 3 heterocycles. The standard InChI is InChI=1S/C17H15FN4O2/c1-11-9-22(14-5-4-13(18)7-15(14)23-11)10-16-20-17(21-24-16)12-3-2-6-19-8-12/h2-8,11H,9-10H2,1H3. The van der Waals surface area contributed by atoms with Crippen LogP contribution in [0.15, 0.2) is 47.2 Å². The third-order valence-corrected chi connectivity index (χ3v) is 3.78. The summed E-state index contributed by atoms with van der Waals surface area (Å²) in [5.74, 6) is 1.19. The number of nitrogens with zero attached hydrogens (tertiary/aromatic N) is 4. The number of anilines is 1. The van der Waals surface area contributed by atoms with Gasteiger partial charge in [0.15, 0.2) is 0 Å². The van der Waals surface area contributed by atoms with Crippen LogP contribution in [0.1, 0.15) is 12.8 Å². The SMILES string of the molecule is CC1CN(Cc2nc(-c3cccnc3)no2)c2ccc(F)cc2O1. The van der Waals surface area contributed by atoms with Crippen molar-refractivity contribution in [3.8, 4) is 17.1 Å². The highest BCUT2D eigenvalue weighted by Gasteiger charge is 2.25. The molecule has 0 bridgehead atoms. The average Bonchev–Trinajstić information content (AvgIpc) is 3.03. The zero-order chi connectivity index (χ0) is 16.5. The second-order valence-electron chi connectivity index (χ2n) is 5.67. The van der Waals surface area contributed by atoms with Crippen molar-refractivity contribution >= 4 is 5.69 Å². The van der Waals surface area contributed by atoms with Crippen LogP contribution in [-0.4, -0.2) is 27.8 Å². The Morgan fingerprint density at radius 1 is 1.33 bits per heavy atom. The summed E-state index contributed by atoms with van der Waals surface area (Å²) in [4.78, 5) is 10.5. The lowest BCUT2D eigenvalue weighted by molar-refractivity contribution is 0.209. The Hall–Kier alpha value is -2.96. The lowest BCUT2D eigenvalue weighted by atomic mass is 10.2. The van der Waals surface area contributed by atoms with Gasteiger partial charge in [-0.1, -0.05) is 5.16 Å². The van der Waals surface area contributed by atoms with E-state index in [2.05, 4.69) is 15.1 Å². The Kier molecular flexibility index (Phi) is 3.60. The molecule has 0 radical (unpaired) electrons. The van der Waals surface area contributed by atoms with Crippen molar-refractivity contribution in [3.63, 3.8) is 0 Å². The molecule has 1 aromatic carbocycles. The second kappa shape index (κ2) is 5.92. The number of aromatic nitrogens is 3. The highest BCUT2D eigenvalue weighted by Crippen LogP contribution is 2.34. The summed E-state index contributed by atoms with van der Waals surface area (Å²) >= 11 is 0. The van der Waals surface area contributed by atoms with Gasteiger partial charge in [-0.05, 0) is 31.2 Å². The molecule has 6 nitrogen and oxygen atoms in total. The van der Waals surface area contributed by atoms with E-state index in [-0.39, 0.29) is 11.9 Å². The minimum absolute atomic E-state index is 0.0555. The number of pyridine rings is 1. The van der Waals surface area contributed by atoms with Crippen LogP contribution >= 0.6 is 0 Å². The van der Waals surface area contributed by atoms with Gasteiger partial charge in [-0.3, -0.25) is 4.98 Å². The predicted molar refractivity (Wildman–Crippen MR) is 85.1 cm³/mol. The van der Waals surface area contributed by atoms with Gasteiger partial charge in [0.05, 0.1) is 18.8 Å². The maximum atomic E-state index is 13.4. The Balaban J connectivity index is 1.59. The molecular formula is C17H15FN4O2. The zero-order valence-electron chi connectivity index (χ0n) is 13.0. The molecule has 0 saturated heterocycles. The van der Waals surface area contributed by atoms with Crippen LogP contribution in [0.2, 0.25) is 0 Å². The van der Waals surface area contributed by atoms with Crippen molar-refractivity contribution in [3.05, 3.63) is 54.4 Å². The van der Waals surface area contributed by atoms with Gasteiger partial charge in [0, 0.05) is 24.0 Å². The molecule has 4 rings (SSSR count). The average molecular weight is 326 g/mol. The van der Waals surface area contributed by atoms with E-state index in [9.17, 15) is 4.39 Å². The summed E-state index contributed by atoms with van der Waals surface area (Å²) in [5.41, 5.74) is 1.61. The fourth-order valence-corrected chi connectivity index (χ4v) is 2.75. The van der Waals surface area contributed by atoms with Crippen LogP contribution in [0.3, 0.4) is 0 Å². The number of rotatable bonds is 3. The summed E-state index contributed by atoms with van der Waals surface area (Å²) in [7, 11) is 0. The van der Waals surface area contributed by atoms with E-state index in [0.29, 0.717) is 30.6 Å². The van der Waals surface area contributed by atoms with Gasteiger partial charge in [-0.2, -0.15) is 4.98 Å². The third-order valence-electron chi connectivity index (χ3n) is 3.78. The summed E-state index contributed by atoms with van der Waals surface area (Å²) in [6.07, 6.45) is 3.32. The Labute approximate surface area is 137 Å². The van der Waals surface area contributed by atoms with Crippen molar-refractivity contribution in [1.82, 2.24) is 15.1 Å². The van der Waals surface area contributed by atoms with E-state index in [1.54, 1.807) is 18.5 Å². The van der Waals surface area contributed by atoms with Gasteiger partial charge >= 0.3 is 0 Å². The van der Waals surface area contributed by atoms with Crippen LogP contribution < -0.4 is 9.64 Å². The van der Waals surface area contributed by atoms with Crippen molar-refractivity contribution in [2.24, 2.45) is 0 Å². The maximum absolute atomic E-state index is 13.4. The quantitative estimate of drug-likeness (QED) is 0.737. The lowest BCUT2D eigenvalue weighted by Gasteiger charge is -2.34. The van der Waals surface area contributed by atoms with E-state index in [0.717, 1.165) is 11.3 Å². The monoisotopic (exact) mass is 326 g/mol. The largest absolute Gasteiger partial charge is 0.487 e. The van der Waals surface area contributed by atoms with Crippen LogP contribution in [0.4, 0.5) is 10.1 Å². The van der Waals surface area contributed by atoms with E-state index < -0.39 is 0 Å². The minimum atomic E-state index is -0.320. The number of halogens is 1. The van der Waals surface area contributed by atoms with Gasteiger partial charge in [0.25, 0.3) is 0 Å². The highest BCUT2D eigenvalue weighted by atomic mass is 19.1. The molecule has 3 aromatic rings. The van der Waals surface area contributed by atoms with Crippen molar-refractivity contribution < 1.29 is 13.7 Å². The fourth-order valence-electron chi connectivity index (χ4n) is 2.75. The van der Waals surface area contributed by atoms with E-state index in [1.807, 2.05) is 24.0 Å². The molecule has 0 amide bonds. The molecule has 1 unspecified atom stereocenters.